The Balaban J connectivity index is 1.81. The van der Waals surface area contributed by atoms with Gasteiger partial charge in [-0.3, -0.25) is 5.43 Å². The molecule has 0 amide bonds. The maximum absolute atomic E-state index is 5.29. The number of hydrogen-bond donors (Lipinski definition) is 2. The molecule has 0 spiro atoms. The minimum atomic E-state index is 0.464. The van der Waals surface area contributed by atoms with Crippen molar-refractivity contribution < 1.29 is 4.74 Å². The van der Waals surface area contributed by atoms with Gasteiger partial charge in [0.15, 0.2) is 5.11 Å². The summed E-state index contributed by atoms with van der Waals surface area (Å²) < 4.78 is 5.17. The minimum Gasteiger partial charge on any atom is -0.497 e. The van der Waals surface area contributed by atoms with Gasteiger partial charge < -0.3 is 10.1 Å². The van der Waals surface area contributed by atoms with Crippen molar-refractivity contribution in [3.8, 4) is 5.75 Å². The molecule has 2 atom stereocenters. The van der Waals surface area contributed by atoms with Gasteiger partial charge in [0.2, 0.25) is 0 Å². The number of thiocarbonyl (C=S) groups is 1. The van der Waals surface area contributed by atoms with Gasteiger partial charge in [-0.2, -0.15) is 5.10 Å². The number of hydrogen-bond acceptors (Lipinski definition) is 3. The molecule has 0 heterocycles. The topological polar surface area (TPSA) is 45.6 Å². The normalized spacial score (nSPS) is 22.0. The quantitative estimate of drug-likeness (QED) is 0.510. The fourth-order valence-electron chi connectivity index (χ4n) is 2.62. The van der Waals surface area contributed by atoms with Crippen LogP contribution in [0.3, 0.4) is 0 Å². The van der Waals surface area contributed by atoms with Crippen LogP contribution in [0.2, 0.25) is 0 Å². The monoisotopic (exact) mass is 305 g/mol. The third-order valence-electron chi connectivity index (χ3n) is 3.90. The molecule has 1 fully saturated rings. The van der Waals surface area contributed by atoms with E-state index >= 15 is 0 Å². The first kappa shape index (κ1) is 15.8. The molecule has 1 aromatic rings. The Bertz CT molecular complexity index is 504. The fourth-order valence-corrected chi connectivity index (χ4v) is 2.82. The predicted molar refractivity (Wildman–Crippen MR) is 90.9 cm³/mol. The first-order valence-corrected chi connectivity index (χ1v) is 7.83. The molecule has 0 aromatic heterocycles. The van der Waals surface area contributed by atoms with Crippen LogP contribution in [0.5, 0.6) is 5.75 Å². The SMILES string of the molecule is COc1cccc(/C=N\NC(=S)N[C@@H]2CCCC[C@H]2C)c1. The maximum Gasteiger partial charge on any atom is 0.187 e. The Morgan fingerprint density at radius 1 is 1.38 bits per heavy atom. The molecule has 114 valence electrons. The zero-order valence-corrected chi connectivity index (χ0v) is 13.5. The smallest absolute Gasteiger partial charge is 0.187 e. The second-order valence-corrected chi connectivity index (χ2v) is 5.90. The van der Waals surface area contributed by atoms with Crippen molar-refractivity contribution in [2.75, 3.05) is 7.11 Å². The molecule has 1 aliphatic carbocycles. The highest BCUT2D eigenvalue weighted by Crippen LogP contribution is 2.23. The molecule has 0 unspecified atom stereocenters. The molecular formula is C16H23N3OS. The van der Waals surface area contributed by atoms with E-state index in [0.29, 0.717) is 17.1 Å². The van der Waals surface area contributed by atoms with Crippen molar-refractivity contribution in [1.29, 1.82) is 0 Å². The van der Waals surface area contributed by atoms with E-state index in [2.05, 4.69) is 22.8 Å². The molecule has 1 aromatic carbocycles. The third kappa shape index (κ3) is 5.01. The van der Waals surface area contributed by atoms with E-state index in [1.807, 2.05) is 24.3 Å². The highest BCUT2D eigenvalue weighted by molar-refractivity contribution is 7.80. The molecule has 0 bridgehead atoms. The van der Waals surface area contributed by atoms with Crippen molar-refractivity contribution in [2.45, 2.75) is 38.6 Å². The molecule has 1 aliphatic rings. The van der Waals surface area contributed by atoms with Gasteiger partial charge in [0.25, 0.3) is 0 Å². The van der Waals surface area contributed by atoms with Crippen LogP contribution in [0.15, 0.2) is 29.4 Å². The van der Waals surface area contributed by atoms with Gasteiger partial charge in [0, 0.05) is 6.04 Å². The first-order chi connectivity index (χ1) is 10.2. The second-order valence-electron chi connectivity index (χ2n) is 5.49. The largest absolute Gasteiger partial charge is 0.497 e. The standard InChI is InChI=1S/C16H23N3OS/c1-12-6-3-4-9-15(12)18-16(21)19-17-11-13-7-5-8-14(10-13)20-2/h5,7-8,10-12,15H,3-4,6,9H2,1-2H3,(H2,18,19,21)/b17-11-/t12-,15-/m1/s1. The zero-order chi connectivity index (χ0) is 15.1. The van der Waals surface area contributed by atoms with E-state index in [1.54, 1.807) is 13.3 Å². The molecule has 0 radical (unpaired) electrons. The van der Waals surface area contributed by atoms with Crippen LogP contribution in [0, 0.1) is 5.92 Å². The summed E-state index contributed by atoms with van der Waals surface area (Å²) in [6.07, 6.45) is 6.79. The highest BCUT2D eigenvalue weighted by atomic mass is 32.1. The summed E-state index contributed by atoms with van der Waals surface area (Å²) in [7, 11) is 1.65. The molecule has 0 aliphatic heterocycles. The summed E-state index contributed by atoms with van der Waals surface area (Å²) in [5.41, 5.74) is 3.85. The number of methoxy groups -OCH3 is 1. The van der Waals surface area contributed by atoms with Crippen molar-refractivity contribution in [1.82, 2.24) is 10.7 Å². The van der Waals surface area contributed by atoms with Crippen LogP contribution in [0.4, 0.5) is 0 Å². The van der Waals surface area contributed by atoms with E-state index in [0.717, 1.165) is 11.3 Å². The summed E-state index contributed by atoms with van der Waals surface area (Å²) in [6.45, 7) is 2.28. The number of hydrazone groups is 1. The van der Waals surface area contributed by atoms with Crippen LogP contribution in [0.1, 0.15) is 38.2 Å². The molecule has 1 saturated carbocycles. The van der Waals surface area contributed by atoms with Gasteiger partial charge in [-0.25, -0.2) is 0 Å². The van der Waals surface area contributed by atoms with E-state index in [4.69, 9.17) is 17.0 Å². The van der Waals surface area contributed by atoms with Crippen LogP contribution in [-0.2, 0) is 0 Å². The van der Waals surface area contributed by atoms with E-state index in [9.17, 15) is 0 Å². The van der Waals surface area contributed by atoms with Gasteiger partial charge in [0.05, 0.1) is 13.3 Å². The average Bonchev–Trinajstić information content (AvgIpc) is 2.50. The zero-order valence-electron chi connectivity index (χ0n) is 12.6. The van der Waals surface area contributed by atoms with Gasteiger partial charge in [-0.1, -0.05) is 31.9 Å². The first-order valence-electron chi connectivity index (χ1n) is 7.42. The van der Waals surface area contributed by atoms with Crippen LogP contribution in [0.25, 0.3) is 0 Å². The van der Waals surface area contributed by atoms with Crippen LogP contribution < -0.4 is 15.5 Å². The van der Waals surface area contributed by atoms with Gasteiger partial charge in [0.1, 0.15) is 5.75 Å². The Morgan fingerprint density at radius 3 is 2.95 bits per heavy atom. The Labute approximate surface area is 132 Å². The summed E-state index contributed by atoms with van der Waals surface area (Å²) in [5.74, 6) is 1.48. The summed E-state index contributed by atoms with van der Waals surface area (Å²) in [4.78, 5) is 0. The summed E-state index contributed by atoms with van der Waals surface area (Å²) in [5, 5.41) is 8.12. The van der Waals surface area contributed by atoms with E-state index in [-0.39, 0.29) is 0 Å². The number of nitrogens with one attached hydrogen (secondary N) is 2. The molecule has 2 N–H and O–H groups in total. The average molecular weight is 305 g/mol. The molecule has 4 nitrogen and oxygen atoms in total. The summed E-state index contributed by atoms with van der Waals surface area (Å²) >= 11 is 5.29. The van der Waals surface area contributed by atoms with E-state index < -0.39 is 0 Å². The second kappa shape index (κ2) is 7.98. The van der Waals surface area contributed by atoms with Crippen LogP contribution in [-0.4, -0.2) is 24.5 Å². The number of ether oxygens (including phenoxy) is 1. The van der Waals surface area contributed by atoms with Gasteiger partial charge >= 0.3 is 0 Å². The molecule has 0 saturated heterocycles. The summed E-state index contributed by atoms with van der Waals surface area (Å²) in [6, 6.07) is 8.19. The van der Waals surface area contributed by atoms with Crippen molar-refractivity contribution in [2.24, 2.45) is 11.0 Å². The Hall–Kier alpha value is -1.62. The Morgan fingerprint density at radius 2 is 2.19 bits per heavy atom. The molecular weight excluding hydrogens is 282 g/mol. The number of benzene rings is 1. The maximum atomic E-state index is 5.29. The predicted octanol–water partition coefficient (Wildman–Crippen LogP) is 3.07. The fraction of sp³-hybridized carbons (Fsp3) is 0.500. The van der Waals surface area contributed by atoms with Crippen molar-refractivity contribution >= 4 is 23.5 Å². The molecule has 2 rings (SSSR count). The van der Waals surface area contributed by atoms with Crippen LogP contribution >= 0.6 is 12.2 Å². The number of nitrogens with zero attached hydrogens (tertiary/aromatic N) is 1. The van der Waals surface area contributed by atoms with Crippen molar-refractivity contribution in [3.05, 3.63) is 29.8 Å². The Kier molecular flexibility index (Phi) is 5.99. The van der Waals surface area contributed by atoms with Crippen molar-refractivity contribution in [3.63, 3.8) is 0 Å². The lowest BCUT2D eigenvalue weighted by Gasteiger charge is -2.30. The highest BCUT2D eigenvalue weighted by Gasteiger charge is 2.21. The lowest BCUT2D eigenvalue weighted by atomic mass is 9.86. The molecule has 21 heavy (non-hydrogen) atoms. The number of rotatable bonds is 4. The minimum absolute atomic E-state index is 0.464. The lowest BCUT2D eigenvalue weighted by Crippen LogP contribution is -2.44. The van der Waals surface area contributed by atoms with Gasteiger partial charge in [-0.15, -0.1) is 0 Å². The lowest BCUT2D eigenvalue weighted by molar-refractivity contribution is 0.308. The molecule has 5 heteroatoms. The van der Waals surface area contributed by atoms with Gasteiger partial charge in [-0.05, 0) is 48.7 Å². The van der Waals surface area contributed by atoms with E-state index in [1.165, 1.54) is 25.7 Å². The third-order valence-corrected chi connectivity index (χ3v) is 4.11.